The number of aromatic nitrogens is 1. The number of amides is 1. The molecule has 0 aliphatic heterocycles. The molecule has 4 nitrogen and oxygen atoms in total. The van der Waals surface area contributed by atoms with Crippen molar-refractivity contribution in [3.8, 4) is 0 Å². The maximum Gasteiger partial charge on any atom is 0.253 e. The first-order valence-corrected chi connectivity index (χ1v) is 5.56. The molecule has 0 spiro atoms. The van der Waals surface area contributed by atoms with Gasteiger partial charge in [-0.1, -0.05) is 6.92 Å². The van der Waals surface area contributed by atoms with Crippen LogP contribution in [0.5, 0.6) is 0 Å². The summed E-state index contributed by atoms with van der Waals surface area (Å²) in [6.45, 7) is 1.80. The average molecular weight is 279 g/mol. The lowest BCUT2D eigenvalue weighted by Crippen LogP contribution is -2.36. The second kappa shape index (κ2) is 6.35. The molecule has 0 aromatic carbocycles. The molecule has 1 aromatic heterocycles. The summed E-state index contributed by atoms with van der Waals surface area (Å²) in [5.74, 6) is -7.29. The first kappa shape index (κ1) is 15.2. The van der Waals surface area contributed by atoms with Crippen molar-refractivity contribution in [3.63, 3.8) is 0 Å². The van der Waals surface area contributed by atoms with Crippen molar-refractivity contribution in [1.82, 2.24) is 10.3 Å². The predicted molar refractivity (Wildman–Crippen MR) is 60.6 cm³/mol. The van der Waals surface area contributed by atoms with Gasteiger partial charge in [-0.05, 0) is 6.42 Å². The summed E-state index contributed by atoms with van der Waals surface area (Å²) in [5, 5.41) is 2.47. The van der Waals surface area contributed by atoms with Crippen molar-refractivity contribution in [2.75, 3.05) is 25.0 Å². The molecule has 1 amide bonds. The average Bonchev–Trinajstić information content (AvgIpc) is 2.34. The molecule has 1 aromatic rings. The molecule has 0 aliphatic rings. The van der Waals surface area contributed by atoms with Gasteiger partial charge in [-0.25, -0.2) is 0 Å². The number of likely N-dealkylation sites (N-methyl/N-ethyl adjacent to an activating group) is 1. The summed E-state index contributed by atoms with van der Waals surface area (Å²) in [4.78, 5) is 14.6. The van der Waals surface area contributed by atoms with Crippen LogP contribution < -0.4 is 10.2 Å². The monoisotopic (exact) mass is 279 g/mol. The van der Waals surface area contributed by atoms with Gasteiger partial charge in [0.2, 0.25) is 17.5 Å². The number of nitrogens with zero attached hydrogens (tertiary/aromatic N) is 2. The highest BCUT2D eigenvalue weighted by molar-refractivity contribution is 5.81. The number of hydrogen-bond acceptors (Lipinski definition) is 3. The molecule has 0 aliphatic carbocycles. The third kappa shape index (κ3) is 3.55. The van der Waals surface area contributed by atoms with Gasteiger partial charge in [0.1, 0.15) is 5.69 Å². The third-order valence-corrected chi connectivity index (χ3v) is 2.31. The van der Waals surface area contributed by atoms with E-state index in [-0.39, 0.29) is 0 Å². The van der Waals surface area contributed by atoms with Crippen LogP contribution in [0.2, 0.25) is 0 Å². The zero-order valence-corrected chi connectivity index (χ0v) is 10.4. The second-order valence-corrected chi connectivity index (χ2v) is 3.88. The predicted octanol–water partition coefficient (Wildman–Crippen LogP) is 1.60. The van der Waals surface area contributed by atoms with Crippen LogP contribution >= 0.6 is 0 Å². The van der Waals surface area contributed by atoms with E-state index < -0.39 is 41.7 Å². The molecule has 8 heteroatoms. The highest BCUT2D eigenvalue weighted by Gasteiger charge is 2.24. The van der Waals surface area contributed by atoms with Crippen molar-refractivity contribution in [3.05, 3.63) is 23.5 Å². The van der Waals surface area contributed by atoms with Crippen LogP contribution in [0, 0.1) is 23.5 Å². The van der Waals surface area contributed by atoms with E-state index in [0.29, 0.717) is 13.0 Å². The number of carbonyl (C=O) groups is 1. The van der Waals surface area contributed by atoms with Gasteiger partial charge >= 0.3 is 0 Å². The molecule has 0 atom stereocenters. The lowest BCUT2D eigenvalue weighted by molar-refractivity contribution is -0.119. The third-order valence-electron chi connectivity index (χ3n) is 2.31. The topological polar surface area (TPSA) is 45.2 Å². The fourth-order valence-electron chi connectivity index (χ4n) is 1.43. The fraction of sp³-hybridized carbons (Fsp3) is 0.455. The van der Waals surface area contributed by atoms with Crippen LogP contribution in [0.3, 0.4) is 0 Å². The lowest BCUT2D eigenvalue weighted by Gasteiger charge is -2.19. The molecule has 1 N–H and O–H groups in total. The Kier molecular flexibility index (Phi) is 5.08. The highest BCUT2D eigenvalue weighted by Crippen LogP contribution is 2.24. The molecule has 1 rings (SSSR count). The Morgan fingerprint density at radius 1 is 1.21 bits per heavy atom. The zero-order chi connectivity index (χ0) is 14.6. The Labute approximate surface area is 107 Å². The van der Waals surface area contributed by atoms with Crippen molar-refractivity contribution in [2.45, 2.75) is 13.3 Å². The van der Waals surface area contributed by atoms with Gasteiger partial charge in [0.25, 0.3) is 11.9 Å². The van der Waals surface area contributed by atoms with Gasteiger partial charge in [0.15, 0.2) is 0 Å². The van der Waals surface area contributed by atoms with E-state index in [9.17, 15) is 22.4 Å². The van der Waals surface area contributed by atoms with Gasteiger partial charge in [-0.3, -0.25) is 4.79 Å². The molecule has 0 radical (unpaired) electrons. The van der Waals surface area contributed by atoms with Crippen LogP contribution in [0.4, 0.5) is 23.2 Å². The minimum Gasteiger partial charge on any atom is -0.360 e. The number of anilines is 1. The number of rotatable bonds is 5. The molecule has 0 saturated carbocycles. The summed E-state index contributed by atoms with van der Waals surface area (Å²) in [5.41, 5.74) is -0.961. The number of pyridine rings is 1. The highest BCUT2D eigenvalue weighted by atomic mass is 19.2. The first-order valence-electron chi connectivity index (χ1n) is 5.56. The van der Waals surface area contributed by atoms with Crippen LogP contribution in [-0.2, 0) is 4.79 Å². The van der Waals surface area contributed by atoms with E-state index in [1.807, 2.05) is 6.92 Å². The summed E-state index contributed by atoms with van der Waals surface area (Å²) >= 11 is 0. The fourth-order valence-corrected chi connectivity index (χ4v) is 1.43. The molecule has 19 heavy (non-hydrogen) atoms. The van der Waals surface area contributed by atoms with Gasteiger partial charge in [-0.2, -0.15) is 22.5 Å². The van der Waals surface area contributed by atoms with Crippen molar-refractivity contribution >= 4 is 11.6 Å². The summed E-state index contributed by atoms with van der Waals surface area (Å²) in [7, 11) is 1.14. The summed E-state index contributed by atoms with van der Waals surface area (Å²) in [6.07, 6.45) is 0.691. The van der Waals surface area contributed by atoms with E-state index in [4.69, 9.17) is 0 Å². The zero-order valence-electron chi connectivity index (χ0n) is 10.4. The maximum absolute atomic E-state index is 13.4. The number of nitrogens with one attached hydrogen (secondary N) is 1. The molecule has 0 fully saturated rings. The molecule has 0 saturated heterocycles. The van der Waals surface area contributed by atoms with E-state index >= 15 is 0 Å². The van der Waals surface area contributed by atoms with E-state index in [2.05, 4.69) is 10.3 Å². The van der Waals surface area contributed by atoms with Crippen LogP contribution in [0.15, 0.2) is 0 Å². The molecule has 0 unspecified atom stereocenters. The lowest BCUT2D eigenvalue weighted by atomic mass is 10.3. The van der Waals surface area contributed by atoms with Crippen LogP contribution in [-0.4, -0.2) is 31.0 Å². The van der Waals surface area contributed by atoms with Crippen LogP contribution in [0.1, 0.15) is 13.3 Å². The standard InChI is InChI=1S/C11H13F4N3O/c1-3-4-16-6(19)5-18(2)9-7(12)10(14)17-11(15)8(9)13/h3-5H2,1-2H3,(H,16,19). The molecule has 106 valence electrons. The Balaban J connectivity index is 2.93. The number of halogens is 4. The first-order chi connectivity index (χ1) is 8.88. The van der Waals surface area contributed by atoms with E-state index in [0.717, 1.165) is 11.9 Å². The molecular formula is C11H13F4N3O. The van der Waals surface area contributed by atoms with Crippen LogP contribution in [0.25, 0.3) is 0 Å². The SMILES string of the molecule is CCCNC(=O)CN(C)c1c(F)c(F)nc(F)c1F. The van der Waals surface area contributed by atoms with Gasteiger partial charge in [0, 0.05) is 13.6 Å². The van der Waals surface area contributed by atoms with E-state index in [1.165, 1.54) is 0 Å². The quantitative estimate of drug-likeness (QED) is 0.658. The second-order valence-electron chi connectivity index (χ2n) is 3.88. The van der Waals surface area contributed by atoms with Crippen molar-refractivity contribution in [2.24, 2.45) is 0 Å². The summed E-state index contributed by atoms with van der Waals surface area (Å²) in [6, 6.07) is 0. The van der Waals surface area contributed by atoms with Gasteiger partial charge in [-0.15, -0.1) is 0 Å². The Morgan fingerprint density at radius 3 is 2.21 bits per heavy atom. The van der Waals surface area contributed by atoms with E-state index in [1.54, 1.807) is 0 Å². The Bertz CT molecular complexity index is 455. The molecule has 1 heterocycles. The Hall–Kier alpha value is -1.86. The normalized spacial score (nSPS) is 10.4. The minimum atomic E-state index is -1.75. The molecular weight excluding hydrogens is 266 g/mol. The Morgan fingerprint density at radius 2 is 1.74 bits per heavy atom. The summed E-state index contributed by atoms with van der Waals surface area (Å²) < 4.78 is 52.6. The van der Waals surface area contributed by atoms with Crippen molar-refractivity contribution < 1.29 is 22.4 Å². The molecule has 0 bridgehead atoms. The van der Waals surface area contributed by atoms with Gasteiger partial charge in [0.05, 0.1) is 6.54 Å². The maximum atomic E-state index is 13.4. The number of hydrogen-bond donors (Lipinski definition) is 1. The van der Waals surface area contributed by atoms with Crippen molar-refractivity contribution in [1.29, 1.82) is 0 Å². The largest absolute Gasteiger partial charge is 0.360 e. The number of carbonyl (C=O) groups excluding carboxylic acids is 1. The smallest absolute Gasteiger partial charge is 0.253 e. The van der Waals surface area contributed by atoms with Gasteiger partial charge < -0.3 is 10.2 Å². The minimum absolute atomic E-state index is 0.400.